The summed E-state index contributed by atoms with van der Waals surface area (Å²) in [5.74, 6) is 2.06. The van der Waals surface area contributed by atoms with E-state index in [4.69, 9.17) is 5.10 Å². The lowest BCUT2D eigenvalue weighted by atomic mass is 9.87. The van der Waals surface area contributed by atoms with E-state index in [1.165, 1.54) is 17.5 Å². The first-order valence-corrected chi connectivity index (χ1v) is 11.6. The lowest BCUT2D eigenvalue weighted by molar-refractivity contribution is 0.588. The highest BCUT2D eigenvalue weighted by atomic mass is 79.9. The van der Waals surface area contributed by atoms with Crippen LogP contribution < -0.4 is 5.69 Å². The molecule has 1 aliphatic carbocycles. The van der Waals surface area contributed by atoms with Crippen molar-refractivity contribution in [2.24, 2.45) is 5.92 Å². The van der Waals surface area contributed by atoms with Gasteiger partial charge < -0.3 is 0 Å². The van der Waals surface area contributed by atoms with E-state index in [1.54, 1.807) is 4.68 Å². The maximum atomic E-state index is 12.9. The second-order valence-electron chi connectivity index (χ2n) is 9.41. The second-order valence-corrected chi connectivity index (χ2v) is 10.3. The normalized spacial score (nSPS) is 18.6. The van der Waals surface area contributed by atoms with E-state index >= 15 is 0 Å². The molecule has 3 aromatic rings. The van der Waals surface area contributed by atoms with Crippen molar-refractivity contribution in [3.63, 3.8) is 0 Å². The first-order chi connectivity index (χ1) is 14.3. The van der Waals surface area contributed by atoms with Crippen LogP contribution in [0.4, 0.5) is 0 Å². The maximum Gasteiger partial charge on any atom is 0.346 e. The minimum absolute atomic E-state index is 0.00626. The van der Waals surface area contributed by atoms with E-state index in [2.05, 4.69) is 85.2 Å². The number of rotatable bonds is 6. The fourth-order valence-corrected chi connectivity index (χ4v) is 4.43. The number of hydrogen-bond acceptors (Lipinski definition) is 2. The van der Waals surface area contributed by atoms with Crippen LogP contribution in [-0.4, -0.2) is 14.3 Å². The largest absolute Gasteiger partial charge is 0.346 e. The Kier molecular flexibility index (Phi) is 5.75. The summed E-state index contributed by atoms with van der Waals surface area (Å²) in [6, 6.07) is 17.1. The molecule has 2 aromatic carbocycles. The van der Waals surface area contributed by atoms with Crippen LogP contribution in [0.25, 0.3) is 0 Å². The molecule has 30 heavy (non-hydrogen) atoms. The summed E-state index contributed by atoms with van der Waals surface area (Å²) >= 11 is 3.50. The zero-order chi connectivity index (χ0) is 21.5. The van der Waals surface area contributed by atoms with E-state index in [0.29, 0.717) is 24.9 Å². The molecular formula is C25H30BrN3O. The van der Waals surface area contributed by atoms with Crippen LogP contribution in [0.3, 0.4) is 0 Å². The van der Waals surface area contributed by atoms with E-state index < -0.39 is 0 Å². The average Bonchev–Trinajstić information content (AvgIpc) is 3.40. The van der Waals surface area contributed by atoms with Gasteiger partial charge in [-0.3, -0.25) is 4.57 Å². The Hall–Kier alpha value is -2.14. The summed E-state index contributed by atoms with van der Waals surface area (Å²) in [7, 11) is 0. The lowest BCUT2D eigenvalue weighted by Crippen LogP contribution is -2.25. The van der Waals surface area contributed by atoms with Crippen LogP contribution in [0.5, 0.6) is 0 Å². The lowest BCUT2D eigenvalue weighted by Gasteiger charge is -2.19. The highest BCUT2D eigenvalue weighted by Crippen LogP contribution is 2.49. The Morgan fingerprint density at radius 1 is 1.07 bits per heavy atom. The first-order valence-electron chi connectivity index (χ1n) is 10.8. The van der Waals surface area contributed by atoms with Crippen molar-refractivity contribution in [2.75, 3.05) is 0 Å². The first kappa shape index (κ1) is 21.1. The molecule has 5 heteroatoms. The van der Waals surface area contributed by atoms with Gasteiger partial charge in [0.25, 0.3) is 0 Å². The van der Waals surface area contributed by atoms with Crippen molar-refractivity contribution >= 4 is 15.9 Å². The molecule has 0 bridgehead atoms. The minimum Gasteiger partial charge on any atom is -0.279 e. The van der Waals surface area contributed by atoms with Crippen LogP contribution in [0, 0.1) is 5.92 Å². The van der Waals surface area contributed by atoms with E-state index in [0.717, 1.165) is 22.3 Å². The van der Waals surface area contributed by atoms with Gasteiger partial charge in [-0.2, -0.15) is 5.10 Å². The molecule has 2 unspecified atom stereocenters. The highest BCUT2D eigenvalue weighted by molar-refractivity contribution is 9.10. The van der Waals surface area contributed by atoms with Gasteiger partial charge in [-0.25, -0.2) is 9.48 Å². The molecule has 1 aliphatic rings. The highest BCUT2D eigenvalue weighted by Gasteiger charge is 2.39. The van der Waals surface area contributed by atoms with Gasteiger partial charge in [0.05, 0.1) is 6.54 Å². The third-order valence-electron chi connectivity index (χ3n) is 6.13. The monoisotopic (exact) mass is 467 g/mol. The van der Waals surface area contributed by atoms with Crippen LogP contribution in [0.2, 0.25) is 0 Å². The molecule has 0 spiro atoms. The molecule has 1 heterocycles. The Bertz CT molecular complexity index is 1070. The summed E-state index contributed by atoms with van der Waals surface area (Å²) < 4.78 is 4.57. The zero-order valence-corrected chi connectivity index (χ0v) is 19.8. The van der Waals surface area contributed by atoms with Crippen LogP contribution in [0.15, 0.2) is 57.8 Å². The molecule has 1 aromatic heterocycles. The summed E-state index contributed by atoms with van der Waals surface area (Å²) in [5, 5.41) is 4.73. The van der Waals surface area contributed by atoms with Gasteiger partial charge in [0.1, 0.15) is 5.82 Å². The van der Waals surface area contributed by atoms with E-state index in [9.17, 15) is 4.79 Å². The maximum absolute atomic E-state index is 12.9. The molecule has 0 aliphatic heterocycles. The molecule has 0 amide bonds. The molecular weight excluding hydrogens is 438 g/mol. The van der Waals surface area contributed by atoms with Gasteiger partial charge in [0.15, 0.2) is 0 Å². The molecule has 0 radical (unpaired) electrons. The molecule has 1 fully saturated rings. The van der Waals surface area contributed by atoms with Crippen molar-refractivity contribution in [3.05, 3.63) is 86.0 Å². The molecule has 0 saturated heterocycles. The predicted octanol–water partition coefficient (Wildman–Crippen LogP) is 5.52. The fourth-order valence-electron chi connectivity index (χ4n) is 4.17. The van der Waals surface area contributed by atoms with Crippen LogP contribution in [-0.2, 0) is 24.9 Å². The number of halogens is 1. The second kappa shape index (κ2) is 8.18. The smallest absolute Gasteiger partial charge is 0.279 e. The van der Waals surface area contributed by atoms with Crippen LogP contribution >= 0.6 is 15.9 Å². The topological polar surface area (TPSA) is 39.8 Å². The quantitative estimate of drug-likeness (QED) is 0.478. The average molecular weight is 468 g/mol. The van der Waals surface area contributed by atoms with E-state index in [1.807, 2.05) is 11.5 Å². The zero-order valence-electron chi connectivity index (χ0n) is 18.2. The summed E-state index contributed by atoms with van der Waals surface area (Å²) in [5.41, 5.74) is 3.91. The van der Waals surface area contributed by atoms with Crippen molar-refractivity contribution < 1.29 is 0 Å². The summed E-state index contributed by atoms with van der Waals surface area (Å²) in [4.78, 5) is 12.9. The van der Waals surface area contributed by atoms with Gasteiger partial charge in [-0.1, -0.05) is 73.1 Å². The molecule has 158 valence electrons. The molecule has 2 atom stereocenters. The number of hydrogen-bond donors (Lipinski definition) is 0. The minimum atomic E-state index is -0.00626. The summed E-state index contributed by atoms with van der Waals surface area (Å²) in [6.45, 7) is 9.83. The van der Waals surface area contributed by atoms with Crippen LogP contribution in [0.1, 0.15) is 62.5 Å². The van der Waals surface area contributed by atoms with Gasteiger partial charge in [0, 0.05) is 17.4 Å². The standard InChI is InChI=1S/C25H30BrN3O/c1-5-28-23(15-19-14-22(19)18-8-12-21(26)13-9-18)27-29(24(28)30)16-17-6-10-20(11-7-17)25(2,3)4/h6-13,19,22H,5,14-16H2,1-4H3. The Balaban J connectivity index is 1.49. The van der Waals surface area contributed by atoms with Gasteiger partial charge in [-0.05, 0) is 59.4 Å². The number of benzene rings is 2. The van der Waals surface area contributed by atoms with Gasteiger partial charge >= 0.3 is 5.69 Å². The molecule has 1 saturated carbocycles. The Morgan fingerprint density at radius 2 is 1.73 bits per heavy atom. The Morgan fingerprint density at radius 3 is 2.33 bits per heavy atom. The third-order valence-corrected chi connectivity index (χ3v) is 6.66. The van der Waals surface area contributed by atoms with Crippen molar-refractivity contribution in [1.29, 1.82) is 0 Å². The molecule has 0 N–H and O–H groups in total. The third kappa shape index (κ3) is 4.46. The van der Waals surface area contributed by atoms with Crippen molar-refractivity contribution in [2.45, 2.75) is 65.0 Å². The molecule has 4 rings (SSSR count). The predicted molar refractivity (Wildman–Crippen MR) is 125 cm³/mol. The summed E-state index contributed by atoms with van der Waals surface area (Å²) in [6.07, 6.45) is 2.03. The SMILES string of the molecule is CCn1c(CC2CC2c2ccc(Br)cc2)nn(Cc2ccc(C(C)(C)C)cc2)c1=O. The van der Waals surface area contributed by atoms with Gasteiger partial charge in [0.2, 0.25) is 0 Å². The fraction of sp³-hybridized carbons (Fsp3) is 0.440. The van der Waals surface area contributed by atoms with Gasteiger partial charge in [-0.15, -0.1) is 0 Å². The number of aromatic nitrogens is 3. The van der Waals surface area contributed by atoms with Crippen molar-refractivity contribution in [1.82, 2.24) is 14.3 Å². The Labute approximate surface area is 187 Å². The van der Waals surface area contributed by atoms with E-state index in [-0.39, 0.29) is 11.1 Å². The molecule has 4 nitrogen and oxygen atoms in total. The van der Waals surface area contributed by atoms with Crippen molar-refractivity contribution in [3.8, 4) is 0 Å². The number of nitrogens with zero attached hydrogens (tertiary/aromatic N) is 3.